The van der Waals surface area contributed by atoms with Crippen molar-refractivity contribution in [2.24, 2.45) is 0 Å². The van der Waals surface area contributed by atoms with Gasteiger partial charge >= 0.3 is 0 Å². The van der Waals surface area contributed by atoms with Crippen molar-refractivity contribution in [1.82, 2.24) is 24.1 Å². The van der Waals surface area contributed by atoms with Crippen molar-refractivity contribution < 1.29 is 14.2 Å². The Morgan fingerprint density at radius 1 is 0.644 bits per heavy atom. The summed E-state index contributed by atoms with van der Waals surface area (Å²) in [6, 6.07) is 16.1. The van der Waals surface area contributed by atoms with Crippen molar-refractivity contribution in [1.29, 1.82) is 0 Å². The summed E-state index contributed by atoms with van der Waals surface area (Å²) in [5.74, 6) is 1.88. The van der Waals surface area contributed by atoms with Crippen LogP contribution in [0.5, 0.6) is 0 Å². The van der Waals surface area contributed by atoms with Crippen molar-refractivity contribution in [2.45, 2.75) is 91.5 Å². The van der Waals surface area contributed by atoms with Gasteiger partial charge in [-0.2, -0.15) is 4.73 Å². The van der Waals surface area contributed by atoms with Gasteiger partial charge in [-0.25, -0.2) is 9.97 Å². The minimum Gasteiger partial charge on any atom is -0.618 e. The highest BCUT2D eigenvalue weighted by atomic mass is 16.5. The van der Waals surface area contributed by atoms with Gasteiger partial charge in [0.15, 0.2) is 5.52 Å². The lowest BCUT2D eigenvalue weighted by Crippen LogP contribution is -2.26. The molecule has 0 bridgehead atoms. The fraction of sp³-hybridized carbons (Fsp3) is 0.444. The summed E-state index contributed by atoms with van der Waals surface area (Å²) < 4.78 is 17.0. The Kier molecular flexibility index (Phi) is 10.2. The fourth-order valence-corrected chi connectivity index (χ4v) is 6.44. The number of nitrogens with zero attached hydrogens (tertiary/aromatic N) is 6. The third kappa shape index (κ3) is 6.79. The number of aromatic nitrogens is 6. The van der Waals surface area contributed by atoms with Gasteiger partial charge in [-0.1, -0.05) is 68.9 Å². The molecule has 0 saturated carbocycles. The Morgan fingerprint density at radius 3 is 1.82 bits per heavy atom. The Labute approximate surface area is 264 Å². The number of hydrogen-bond acceptors (Lipinski definition) is 6. The van der Waals surface area contributed by atoms with Gasteiger partial charge in [0.1, 0.15) is 30.4 Å². The number of hydrogen-bond donors (Lipinski definition) is 0. The van der Waals surface area contributed by atoms with Crippen LogP contribution in [0.3, 0.4) is 0 Å². The lowest BCUT2D eigenvalue weighted by Gasteiger charge is -2.11. The topological polar surface area (TPSA) is 93.9 Å². The van der Waals surface area contributed by atoms with Crippen LogP contribution in [0.1, 0.15) is 76.9 Å². The summed E-state index contributed by atoms with van der Waals surface area (Å²) in [4.78, 5) is 14.3. The second kappa shape index (κ2) is 14.8. The summed E-state index contributed by atoms with van der Waals surface area (Å²) in [7, 11) is 0. The zero-order chi connectivity index (χ0) is 31.0. The molecule has 45 heavy (non-hydrogen) atoms. The second-order valence-electron chi connectivity index (χ2n) is 11.7. The third-order valence-corrected chi connectivity index (χ3v) is 8.65. The van der Waals surface area contributed by atoms with E-state index in [1.807, 2.05) is 50.4 Å². The number of benzene rings is 2. The molecule has 0 unspecified atom stereocenters. The van der Waals surface area contributed by atoms with Gasteiger partial charge in [0.05, 0.1) is 28.1 Å². The largest absolute Gasteiger partial charge is 0.618 e. The van der Waals surface area contributed by atoms with E-state index >= 15 is 0 Å². The van der Waals surface area contributed by atoms with Crippen molar-refractivity contribution in [3.63, 3.8) is 0 Å². The first-order valence-electron chi connectivity index (χ1n) is 16.6. The molecule has 0 spiro atoms. The molecule has 6 rings (SSSR count). The number of imidazole rings is 2. The van der Waals surface area contributed by atoms with Gasteiger partial charge in [-0.3, -0.25) is 4.98 Å². The van der Waals surface area contributed by atoms with E-state index in [9.17, 15) is 5.21 Å². The summed E-state index contributed by atoms with van der Waals surface area (Å²) in [6.45, 7) is 8.11. The molecule has 236 valence electrons. The molecule has 0 atom stereocenters. The number of para-hydroxylation sites is 2. The van der Waals surface area contributed by atoms with E-state index in [-0.39, 0.29) is 0 Å². The first-order valence-corrected chi connectivity index (χ1v) is 16.6. The highest BCUT2D eigenvalue weighted by Gasteiger charge is 2.18. The molecule has 0 aliphatic rings. The molecule has 0 N–H and O–H groups in total. The molecule has 2 aromatic carbocycles. The molecule has 9 nitrogen and oxygen atoms in total. The molecule has 6 aromatic rings. The first kappa shape index (κ1) is 30.9. The quantitative estimate of drug-likeness (QED) is 0.0601. The Morgan fingerprint density at radius 2 is 1.18 bits per heavy atom. The normalized spacial score (nSPS) is 12.0. The molecule has 9 heteroatoms. The number of unbranched alkanes of at least 4 members (excludes halogenated alkanes) is 7. The minimum absolute atomic E-state index is 0.452. The summed E-state index contributed by atoms with van der Waals surface area (Å²) in [6.07, 6.45) is 13.0. The highest BCUT2D eigenvalue weighted by molar-refractivity contribution is 6.02. The molecule has 4 heterocycles. The van der Waals surface area contributed by atoms with Crippen LogP contribution in [-0.4, -0.2) is 37.3 Å². The number of aryl methyl sites for hydroxylation is 2. The maximum atomic E-state index is 12.6. The number of fused-ring (bicyclic) bond motifs is 6. The molecule has 0 aliphatic heterocycles. The molecular formula is C36H44N6O3. The van der Waals surface area contributed by atoms with Crippen LogP contribution >= 0.6 is 0 Å². The van der Waals surface area contributed by atoms with Crippen molar-refractivity contribution in [2.75, 3.05) is 13.2 Å². The zero-order valence-electron chi connectivity index (χ0n) is 26.6. The van der Waals surface area contributed by atoms with Gasteiger partial charge < -0.3 is 23.8 Å². The Bertz CT molecular complexity index is 1880. The molecule has 0 aliphatic carbocycles. The zero-order valence-corrected chi connectivity index (χ0v) is 26.6. The average molecular weight is 609 g/mol. The van der Waals surface area contributed by atoms with Crippen LogP contribution in [0.15, 0.2) is 60.9 Å². The lowest BCUT2D eigenvalue weighted by molar-refractivity contribution is -0.575. The van der Waals surface area contributed by atoms with Gasteiger partial charge in [0, 0.05) is 37.8 Å². The highest BCUT2D eigenvalue weighted by Crippen LogP contribution is 2.27. The standard InChI is InChI=1S/C36H44N6O3/c1-3-44-25-33-38-30-23-37-29-19-13-11-17-27(29)35(30)40(33)21-15-9-7-5-6-8-10-16-22-41-34(26-45-4-2)39-31-24-42(43)32-20-14-12-18-28(32)36(31)41/h11-14,17-20,23-24H,3-10,15-16,21-22,25-26H2,1-2H3. The number of rotatable bonds is 17. The van der Waals surface area contributed by atoms with Crippen molar-refractivity contribution in [3.8, 4) is 0 Å². The van der Waals surface area contributed by atoms with E-state index < -0.39 is 0 Å². The molecule has 0 amide bonds. The summed E-state index contributed by atoms with van der Waals surface area (Å²) in [5, 5.41) is 14.7. The summed E-state index contributed by atoms with van der Waals surface area (Å²) in [5.41, 5.74) is 5.56. The van der Waals surface area contributed by atoms with Crippen LogP contribution < -0.4 is 4.73 Å². The number of pyridine rings is 2. The van der Waals surface area contributed by atoms with Crippen LogP contribution in [0, 0.1) is 5.21 Å². The molecule has 4 aromatic heterocycles. The van der Waals surface area contributed by atoms with Gasteiger partial charge in [-0.15, -0.1) is 0 Å². The molecule has 0 saturated heterocycles. The second-order valence-corrected chi connectivity index (χ2v) is 11.7. The van der Waals surface area contributed by atoms with Gasteiger partial charge in [0.2, 0.25) is 11.7 Å². The predicted molar refractivity (Wildman–Crippen MR) is 179 cm³/mol. The average Bonchev–Trinajstić information content (AvgIpc) is 3.61. The van der Waals surface area contributed by atoms with E-state index in [2.05, 4.69) is 32.3 Å². The Hall–Kier alpha value is -4.08. The smallest absolute Gasteiger partial charge is 0.226 e. The van der Waals surface area contributed by atoms with E-state index in [0.29, 0.717) is 31.9 Å². The van der Waals surface area contributed by atoms with Crippen LogP contribution in [0.25, 0.3) is 43.9 Å². The van der Waals surface area contributed by atoms with Crippen molar-refractivity contribution in [3.05, 3.63) is 77.8 Å². The van der Waals surface area contributed by atoms with Crippen LogP contribution in [0.4, 0.5) is 0 Å². The van der Waals surface area contributed by atoms with E-state index in [1.54, 1.807) is 6.20 Å². The first-order chi connectivity index (χ1) is 22.2. The maximum Gasteiger partial charge on any atom is 0.226 e. The van der Waals surface area contributed by atoms with Crippen LogP contribution in [-0.2, 0) is 35.8 Å². The predicted octanol–water partition coefficient (Wildman–Crippen LogP) is 7.61. The molecule has 0 radical (unpaired) electrons. The Balaban J connectivity index is 0.995. The maximum absolute atomic E-state index is 12.6. The van der Waals surface area contributed by atoms with Gasteiger partial charge in [-0.05, 0) is 38.8 Å². The lowest BCUT2D eigenvalue weighted by atomic mass is 10.1. The van der Waals surface area contributed by atoms with E-state index in [4.69, 9.17) is 19.4 Å². The number of ether oxygens (including phenoxy) is 2. The minimum atomic E-state index is 0.452. The summed E-state index contributed by atoms with van der Waals surface area (Å²) >= 11 is 0. The van der Waals surface area contributed by atoms with Crippen molar-refractivity contribution >= 4 is 43.9 Å². The van der Waals surface area contributed by atoms with Gasteiger partial charge in [0.25, 0.3) is 0 Å². The monoisotopic (exact) mass is 608 g/mol. The van der Waals surface area contributed by atoms with Crippen LogP contribution in [0.2, 0.25) is 0 Å². The fourth-order valence-electron chi connectivity index (χ4n) is 6.44. The molecular weight excluding hydrogens is 564 g/mol. The van der Waals surface area contributed by atoms with E-state index in [0.717, 1.165) is 75.1 Å². The molecule has 0 fully saturated rings. The third-order valence-electron chi connectivity index (χ3n) is 8.65. The van der Waals surface area contributed by atoms with E-state index in [1.165, 1.54) is 44.0 Å². The SMILES string of the molecule is CCOCc1nc2cnc3ccccc3c2n1CCCCCCCCCCn1c(COCC)nc2c[n+]([O-])c3ccccc3c21.